The van der Waals surface area contributed by atoms with Gasteiger partial charge in [-0.3, -0.25) is 9.78 Å². The van der Waals surface area contributed by atoms with Crippen LogP contribution in [-0.4, -0.2) is 11.3 Å². The highest BCUT2D eigenvalue weighted by atomic mass is 35.5. The number of rotatable bonds is 3. The van der Waals surface area contributed by atoms with E-state index in [9.17, 15) is 4.79 Å². The Labute approximate surface area is 104 Å². The molecule has 1 heterocycles. The van der Waals surface area contributed by atoms with Crippen LogP contribution in [0.3, 0.4) is 0 Å². The summed E-state index contributed by atoms with van der Waals surface area (Å²) in [5.74, 6) is 0. The molecule has 0 amide bonds. The third kappa shape index (κ3) is 2.82. The quantitative estimate of drug-likeness (QED) is 0.903. The van der Waals surface area contributed by atoms with Crippen LogP contribution in [0.5, 0.6) is 0 Å². The topological polar surface area (TPSA) is 42.0 Å². The molecule has 4 heteroatoms. The summed E-state index contributed by atoms with van der Waals surface area (Å²) in [5.41, 5.74) is 2.96. The lowest BCUT2D eigenvalue weighted by Crippen LogP contribution is -1.93. The highest BCUT2D eigenvalue weighted by Gasteiger charge is 2.02. The zero-order chi connectivity index (χ0) is 12.3. The van der Waals surface area contributed by atoms with Crippen LogP contribution in [-0.2, 0) is 4.79 Å². The van der Waals surface area contributed by atoms with Gasteiger partial charge in [0.1, 0.15) is 0 Å². The average Bonchev–Trinajstić information content (AvgIpc) is 2.34. The Morgan fingerprint density at radius 3 is 2.71 bits per heavy atom. The fraction of sp³-hybridized carbons (Fsp3) is 0.0769. The van der Waals surface area contributed by atoms with E-state index in [1.807, 2.05) is 19.1 Å². The van der Waals surface area contributed by atoms with Crippen LogP contribution in [0, 0.1) is 6.92 Å². The number of anilines is 2. The molecule has 2 aromatic rings. The maximum absolute atomic E-state index is 10.5. The zero-order valence-corrected chi connectivity index (χ0v) is 9.95. The van der Waals surface area contributed by atoms with Gasteiger partial charge in [0.15, 0.2) is 0 Å². The van der Waals surface area contributed by atoms with E-state index >= 15 is 0 Å². The first-order chi connectivity index (χ1) is 8.19. The highest BCUT2D eigenvalue weighted by molar-refractivity contribution is 6.33. The smallest absolute Gasteiger partial charge is 0.233 e. The van der Waals surface area contributed by atoms with Crippen molar-refractivity contribution >= 4 is 29.3 Å². The van der Waals surface area contributed by atoms with Crippen molar-refractivity contribution in [2.75, 3.05) is 5.32 Å². The molecule has 17 heavy (non-hydrogen) atoms. The molecule has 0 aliphatic carbocycles. The van der Waals surface area contributed by atoms with Crippen molar-refractivity contribution in [3.8, 4) is 0 Å². The van der Waals surface area contributed by atoms with E-state index in [4.69, 9.17) is 11.6 Å². The SMILES string of the molecule is Cc1ccc(Nc2ccc([C]=O)cc2Cl)cn1. The summed E-state index contributed by atoms with van der Waals surface area (Å²) in [6.45, 7) is 1.92. The molecule has 2 rings (SSSR count). The number of nitrogens with zero attached hydrogens (tertiary/aromatic N) is 1. The number of carbonyl (C=O) groups excluding carboxylic acids is 1. The standard InChI is InChI=1S/C13H10ClN2O/c1-9-2-4-11(7-15-9)16-13-5-3-10(8-17)6-12(13)14/h2-7,16H,1H3. The number of aromatic nitrogens is 1. The van der Waals surface area contributed by atoms with Crippen LogP contribution in [0.1, 0.15) is 11.3 Å². The fourth-order valence-electron chi connectivity index (χ4n) is 1.38. The van der Waals surface area contributed by atoms with Crippen LogP contribution in [0.2, 0.25) is 5.02 Å². The second kappa shape index (κ2) is 4.97. The summed E-state index contributed by atoms with van der Waals surface area (Å²) in [4.78, 5) is 14.6. The molecule has 0 spiro atoms. The molecule has 0 aliphatic heterocycles. The Hall–Kier alpha value is -1.87. The van der Waals surface area contributed by atoms with Crippen molar-refractivity contribution in [3.63, 3.8) is 0 Å². The third-order valence-electron chi connectivity index (χ3n) is 2.28. The summed E-state index contributed by atoms with van der Waals surface area (Å²) < 4.78 is 0. The Balaban J connectivity index is 2.24. The van der Waals surface area contributed by atoms with Crippen LogP contribution in [0.4, 0.5) is 11.4 Å². The Bertz CT molecular complexity index is 538. The van der Waals surface area contributed by atoms with Crippen LogP contribution in [0.15, 0.2) is 36.5 Å². The zero-order valence-electron chi connectivity index (χ0n) is 9.20. The second-order valence-electron chi connectivity index (χ2n) is 3.61. The highest BCUT2D eigenvalue weighted by Crippen LogP contribution is 2.25. The number of halogens is 1. The summed E-state index contributed by atoms with van der Waals surface area (Å²) in [7, 11) is 0. The largest absolute Gasteiger partial charge is 0.353 e. The minimum Gasteiger partial charge on any atom is -0.353 e. The van der Waals surface area contributed by atoms with Gasteiger partial charge < -0.3 is 5.32 Å². The number of aryl methyl sites for hydroxylation is 1. The van der Waals surface area contributed by atoms with E-state index in [1.165, 1.54) is 0 Å². The normalized spacial score (nSPS) is 10.0. The first-order valence-corrected chi connectivity index (χ1v) is 5.44. The number of nitrogens with one attached hydrogen (secondary N) is 1. The molecule has 0 fully saturated rings. The molecule has 0 atom stereocenters. The van der Waals surface area contributed by atoms with Gasteiger partial charge >= 0.3 is 0 Å². The van der Waals surface area contributed by atoms with E-state index in [-0.39, 0.29) is 0 Å². The van der Waals surface area contributed by atoms with E-state index in [0.29, 0.717) is 10.6 Å². The van der Waals surface area contributed by atoms with Crippen molar-refractivity contribution in [2.24, 2.45) is 0 Å². The molecular formula is C13H10ClN2O. The van der Waals surface area contributed by atoms with Crippen molar-refractivity contribution < 1.29 is 4.79 Å². The predicted octanol–water partition coefficient (Wildman–Crippen LogP) is 3.24. The van der Waals surface area contributed by atoms with Crippen molar-refractivity contribution in [2.45, 2.75) is 6.92 Å². The molecule has 1 N–H and O–H groups in total. The Kier molecular flexibility index (Phi) is 3.40. The van der Waals surface area contributed by atoms with Crippen LogP contribution in [0.25, 0.3) is 0 Å². The third-order valence-corrected chi connectivity index (χ3v) is 2.59. The van der Waals surface area contributed by atoms with Gasteiger partial charge in [-0.1, -0.05) is 11.6 Å². The molecule has 3 nitrogen and oxygen atoms in total. The Morgan fingerprint density at radius 2 is 2.12 bits per heavy atom. The molecule has 85 valence electrons. The van der Waals surface area contributed by atoms with Crippen molar-refractivity contribution in [3.05, 3.63) is 52.8 Å². The number of benzene rings is 1. The van der Waals surface area contributed by atoms with E-state index in [0.717, 1.165) is 17.1 Å². The lowest BCUT2D eigenvalue weighted by atomic mass is 10.2. The van der Waals surface area contributed by atoms with Gasteiger partial charge in [0.05, 0.1) is 22.6 Å². The molecule has 0 saturated heterocycles. The minimum atomic E-state index is 0.433. The molecule has 1 radical (unpaired) electrons. The van der Waals surface area contributed by atoms with E-state index < -0.39 is 0 Å². The summed E-state index contributed by atoms with van der Waals surface area (Å²) in [6.07, 6.45) is 3.52. The van der Waals surface area contributed by atoms with Crippen molar-refractivity contribution in [1.29, 1.82) is 0 Å². The first kappa shape index (κ1) is 11.6. The lowest BCUT2D eigenvalue weighted by molar-refractivity contribution is 0.563. The van der Waals surface area contributed by atoms with Gasteiger partial charge in [0.2, 0.25) is 6.29 Å². The minimum absolute atomic E-state index is 0.433. The molecule has 0 unspecified atom stereocenters. The molecule has 1 aromatic carbocycles. The van der Waals surface area contributed by atoms with Gasteiger partial charge in [-0.05, 0) is 37.3 Å². The summed E-state index contributed by atoms with van der Waals surface area (Å²) in [6, 6.07) is 8.78. The first-order valence-electron chi connectivity index (χ1n) is 5.06. The summed E-state index contributed by atoms with van der Waals surface area (Å²) >= 11 is 6.03. The molecule has 0 bridgehead atoms. The molecular weight excluding hydrogens is 236 g/mol. The fourth-order valence-corrected chi connectivity index (χ4v) is 1.61. The Morgan fingerprint density at radius 1 is 1.29 bits per heavy atom. The second-order valence-corrected chi connectivity index (χ2v) is 4.02. The van der Waals surface area contributed by atoms with Crippen LogP contribution < -0.4 is 5.32 Å². The van der Waals surface area contributed by atoms with Crippen LogP contribution >= 0.6 is 11.6 Å². The van der Waals surface area contributed by atoms with Gasteiger partial charge in [-0.25, -0.2) is 0 Å². The number of hydrogen-bond acceptors (Lipinski definition) is 3. The molecule has 0 aliphatic rings. The lowest BCUT2D eigenvalue weighted by Gasteiger charge is -2.08. The molecule has 1 aromatic heterocycles. The average molecular weight is 246 g/mol. The number of pyridine rings is 1. The van der Waals surface area contributed by atoms with Gasteiger partial charge in [0.25, 0.3) is 0 Å². The van der Waals surface area contributed by atoms with Gasteiger partial charge in [-0.15, -0.1) is 0 Å². The van der Waals surface area contributed by atoms with E-state index in [2.05, 4.69) is 10.3 Å². The van der Waals surface area contributed by atoms with E-state index in [1.54, 1.807) is 30.7 Å². The van der Waals surface area contributed by atoms with Gasteiger partial charge in [0, 0.05) is 11.3 Å². The monoisotopic (exact) mass is 245 g/mol. The predicted molar refractivity (Wildman–Crippen MR) is 68.5 cm³/mol. The maximum Gasteiger partial charge on any atom is 0.233 e. The molecule has 0 saturated carbocycles. The maximum atomic E-state index is 10.5. The number of hydrogen-bond donors (Lipinski definition) is 1. The van der Waals surface area contributed by atoms with Crippen molar-refractivity contribution in [1.82, 2.24) is 4.98 Å². The summed E-state index contributed by atoms with van der Waals surface area (Å²) in [5, 5.41) is 3.60. The van der Waals surface area contributed by atoms with Gasteiger partial charge in [-0.2, -0.15) is 0 Å².